The van der Waals surface area contributed by atoms with E-state index in [9.17, 15) is 0 Å². The Morgan fingerprint density at radius 2 is 1.89 bits per heavy atom. The summed E-state index contributed by atoms with van der Waals surface area (Å²) in [7, 11) is 0. The summed E-state index contributed by atoms with van der Waals surface area (Å²) in [6.07, 6.45) is 0. The van der Waals surface area contributed by atoms with Gasteiger partial charge in [-0.1, -0.05) is 32.0 Å². The molecule has 0 atom stereocenters. The standard InChI is InChI=1S/C16H16N2O/c1-11(2)14-6-4-5-7-15(14)19-16-13(10-17)9-8-12(3)18-16/h4-9,11H,1-3H3. The second-order valence-electron chi connectivity index (χ2n) is 4.71. The fourth-order valence-electron chi connectivity index (χ4n) is 1.85. The van der Waals surface area contributed by atoms with Gasteiger partial charge in [0.05, 0.1) is 0 Å². The maximum atomic E-state index is 9.10. The van der Waals surface area contributed by atoms with E-state index in [0.29, 0.717) is 17.4 Å². The highest BCUT2D eigenvalue weighted by Crippen LogP contribution is 2.30. The third kappa shape index (κ3) is 2.92. The first-order valence-corrected chi connectivity index (χ1v) is 6.26. The van der Waals surface area contributed by atoms with Crippen LogP contribution >= 0.6 is 0 Å². The lowest BCUT2D eigenvalue weighted by atomic mass is 10.0. The Balaban J connectivity index is 2.42. The van der Waals surface area contributed by atoms with E-state index >= 15 is 0 Å². The van der Waals surface area contributed by atoms with E-state index in [1.165, 1.54) is 0 Å². The van der Waals surface area contributed by atoms with E-state index in [4.69, 9.17) is 10.00 Å². The van der Waals surface area contributed by atoms with Crippen LogP contribution in [0, 0.1) is 18.3 Å². The minimum absolute atomic E-state index is 0.353. The molecule has 0 aliphatic heterocycles. The lowest BCUT2D eigenvalue weighted by Crippen LogP contribution is -1.97. The molecule has 0 N–H and O–H groups in total. The monoisotopic (exact) mass is 252 g/mol. The van der Waals surface area contributed by atoms with Crippen LogP contribution in [0.4, 0.5) is 0 Å². The molecular weight excluding hydrogens is 236 g/mol. The van der Waals surface area contributed by atoms with Gasteiger partial charge in [-0.05, 0) is 36.6 Å². The predicted octanol–water partition coefficient (Wildman–Crippen LogP) is 4.18. The molecule has 1 aromatic carbocycles. The molecule has 2 aromatic rings. The van der Waals surface area contributed by atoms with Crippen molar-refractivity contribution in [3.05, 3.63) is 53.2 Å². The number of hydrogen-bond acceptors (Lipinski definition) is 3. The molecule has 0 spiro atoms. The zero-order valence-corrected chi connectivity index (χ0v) is 11.3. The van der Waals surface area contributed by atoms with E-state index in [1.807, 2.05) is 31.2 Å². The minimum Gasteiger partial charge on any atom is -0.437 e. The third-order valence-corrected chi connectivity index (χ3v) is 2.87. The van der Waals surface area contributed by atoms with Crippen LogP contribution in [-0.2, 0) is 0 Å². The highest BCUT2D eigenvalue weighted by atomic mass is 16.5. The summed E-state index contributed by atoms with van der Waals surface area (Å²) in [5.74, 6) is 1.48. The second-order valence-corrected chi connectivity index (χ2v) is 4.71. The first-order chi connectivity index (χ1) is 9.11. The largest absolute Gasteiger partial charge is 0.437 e. The van der Waals surface area contributed by atoms with Crippen molar-refractivity contribution in [1.82, 2.24) is 4.98 Å². The van der Waals surface area contributed by atoms with Crippen molar-refractivity contribution in [1.29, 1.82) is 5.26 Å². The number of rotatable bonds is 3. The highest BCUT2D eigenvalue weighted by molar-refractivity contribution is 5.44. The molecular formula is C16H16N2O. The summed E-state index contributed by atoms with van der Waals surface area (Å²) >= 11 is 0. The molecule has 0 fully saturated rings. The molecule has 0 radical (unpaired) electrons. The Hall–Kier alpha value is -2.34. The summed E-state index contributed by atoms with van der Waals surface area (Å²) in [5, 5.41) is 9.10. The number of aromatic nitrogens is 1. The maximum Gasteiger partial charge on any atom is 0.237 e. The second kappa shape index (κ2) is 5.53. The number of aryl methyl sites for hydroxylation is 1. The first-order valence-electron chi connectivity index (χ1n) is 6.26. The molecule has 0 aliphatic carbocycles. The Bertz CT molecular complexity index is 627. The number of para-hydroxylation sites is 1. The van der Waals surface area contributed by atoms with Gasteiger partial charge in [0.15, 0.2) is 0 Å². The van der Waals surface area contributed by atoms with Gasteiger partial charge in [-0.3, -0.25) is 0 Å². The topological polar surface area (TPSA) is 45.9 Å². The van der Waals surface area contributed by atoms with E-state index < -0.39 is 0 Å². The van der Waals surface area contributed by atoms with Crippen molar-refractivity contribution in [3.8, 4) is 17.7 Å². The molecule has 3 heteroatoms. The fourth-order valence-corrected chi connectivity index (χ4v) is 1.85. The summed E-state index contributed by atoms with van der Waals surface area (Å²) < 4.78 is 5.84. The number of ether oxygens (including phenoxy) is 1. The number of nitrogens with zero attached hydrogens (tertiary/aromatic N) is 2. The smallest absolute Gasteiger partial charge is 0.237 e. The van der Waals surface area contributed by atoms with Crippen LogP contribution in [-0.4, -0.2) is 4.98 Å². The molecule has 1 aromatic heterocycles. The van der Waals surface area contributed by atoms with Crippen LogP contribution < -0.4 is 4.74 Å². The Morgan fingerprint density at radius 1 is 1.16 bits per heavy atom. The number of nitriles is 1. The normalized spacial score (nSPS) is 10.3. The Morgan fingerprint density at radius 3 is 2.58 bits per heavy atom. The quantitative estimate of drug-likeness (QED) is 0.823. The van der Waals surface area contributed by atoms with Crippen LogP contribution in [0.25, 0.3) is 0 Å². The van der Waals surface area contributed by atoms with E-state index in [2.05, 4.69) is 24.9 Å². The Kier molecular flexibility index (Phi) is 3.82. The van der Waals surface area contributed by atoms with Gasteiger partial charge in [-0.25, -0.2) is 4.98 Å². The molecule has 0 amide bonds. The average molecular weight is 252 g/mol. The van der Waals surface area contributed by atoms with Crippen LogP contribution in [0.5, 0.6) is 11.6 Å². The molecule has 0 saturated heterocycles. The van der Waals surface area contributed by atoms with Gasteiger partial charge < -0.3 is 4.74 Å². The molecule has 0 bridgehead atoms. The first kappa shape index (κ1) is 13.1. The minimum atomic E-state index is 0.353. The molecule has 19 heavy (non-hydrogen) atoms. The molecule has 96 valence electrons. The van der Waals surface area contributed by atoms with Crippen LogP contribution in [0.2, 0.25) is 0 Å². The van der Waals surface area contributed by atoms with Gasteiger partial charge in [0.25, 0.3) is 0 Å². The van der Waals surface area contributed by atoms with Gasteiger partial charge >= 0.3 is 0 Å². The van der Waals surface area contributed by atoms with Crippen LogP contribution in [0.15, 0.2) is 36.4 Å². The molecule has 1 heterocycles. The molecule has 0 saturated carbocycles. The van der Waals surface area contributed by atoms with Crippen molar-refractivity contribution in [2.75, 3.05) is 0 Å². The Labute approximate surface area is 113 Å². The van der Waals surface area contributed by atoms with Crippen LogP contribution in [0.1, 0.15) is 36.6 Å². The lowest BCUT2D eigenvalue weighted by molar-refractivity contribution is 0.451. The molecule has 0 aliphatic rings. The van der Waals surface area contributed by atoms with Gasteiger partial charge in [-0.2, -0.15) is 5.26 Å². The van der Waals surface area contributed by atoms with Crippen LogP contribution in [0.3, 0.4) is 0 Å². The molecule has 0 unspecified atom stereocenters. The van der Waals surface area contributed by atoms with Gasteiger partial charge in [0, 0.05) is 5.69 Å². The van der Waals surface area contributed by atoms with Crippen molar-refractivity contribution >= 4 is 0 Å². The van der Waals surface area contributed by atoms with Gasteiger partial charge in [0.1, 0.15) is 17.4 Å². The predicted molar refractivity (Wildman–Crippen MR) is 74.3 cm³/mol. The third-order valence-electron chi connectivity index (χ3n) is 2.87. The van der Waals surface area contributed by atoms with Crippen molar-refractivity contribution in [3.63, 3.8) is 0 Å². The highest BCUT2D eigenvalue weighted by Gasteiger charge is 2.11. The lowest BCUT2D eigenvalue weighted by Gasteiger charge is -2.13. The SMILES string of the molecule is Cc1ccc(C#N)c(Oc2ccccc2C(C)C)n1. The van der Waals surface area contributed by atoms with Crippen molar-refractivity contribution in [2.45, 2.75) is 26.7 Å². The van der Waals surface area contributed by atoms with E-state index in [0.717, 1.165) is 17.0 Å². The zero-order chi connectivity index (χ0) is 13.8. The molecule has 3 nitrogen and oxygen atoms in total. The van der Waals surface area contributed by atoms with E-state index in [1.54, 1.807) is 12.1 Å². The summed E-state index contributed by atoms with van der Waals surface area (Å²) in [5.41, 5.74) is 2.38. The average Bonchev–Trinajstić information content (AvgIpc) is 2.39. The molecule has 2 rings (SSSR count). The zero-order valence-electron chi connectivity index (χ0n) is 11.3. The van der Waals surface area contributed by atoms with Crippen molar-refractivity contribution < 1.29 is 4.74 Å². The fraction of sp³-hybridized carbons (Fsp3) is 0.250. The number of hydrogen-bond donors (Lipinski definition) is 0. The van der Waals surface area contributed by atoms with E-state index in [-0.39, 0.29) is 0 Å². The summed E-state index contributed by atoms with van der Waals surface area (Å²) in [6, 6.07) is 13.5. The van der Waals surface area contributed by atoms with Gasteiger partial charge in [0.2, 0.25) is 5.88 Å². The summed E-state index contributed by atoms with van der Waals surface area (Å²) in [6.45, 7) is 6.09. The maximum absolute atomic E-state index is 9.10. The number of benzene rings is 1. The van der Waals surface area contributed by atoms with Gasteiger partial charge in [-0.15, -0.1) is 0 Å². The summed E-state index contributed by atoms with van der Waals surface area (Å²) in [4.78, 5) is 4.29. The van der Waals surface area contributed by atoms with Crippen molar-refractivity contribution in [2.24, 2.45) is 0 Å². The number of pyridine rings is 1.